The summed E-state index contributed by atoms with van der Waals surface area (Å²) in [5.74, 6) is 1.30. The number of likely N-dealkylation sites (tertiary alicyclic amines) is 1. The molecule has 0 aromatic carbocycles. The van der Waals surface area contributed by atoms with E-state index < -0.39 is 0 Å². The molecule has 24 heavy (non-hydrogen) atoms. The Morgan fingerprint density at radius 1 is 1.29 bits per heavy atom. The van der Waals surface area contributed by atoms with Crippen LogP contribution in [0.3, 0.4) is 0 Å². The molecule has 3 rings (SSSR count). The maximum atomic E-state index is 12.2. The van der Waals surface area contributed by atoms with Crippen LogP contribution in [-0.4, -0.2) is 53.9 Å². The molecule has 2 saturated heterocycles. The Morgan fingerprint density at radius 2 is 2.21 bits per heavy atom. The van der Waals surface area contributed by atoms with Crippen molar-refractivity contribution in [1.29, 1.82) is 0 Å². The summed E-state index contributed by atoms with van der Waals surface area (Å²) in [5.41, 5.74) is 0. The lowest BCUT2D eigenvalue weighted by molar-refractivity contribution is -0.128. The van der Waals surface area contributed by atoms with Gasteiger partial charge < -0.3 is 15.1 Å². The first-order valence-corrected chi connectivity index (χ1v) is 8.95. The van der Waals surface area contributed by atoms with Crippen molar-refractivity contribution < 1.29 is 9.59 Å². The van der Waals surface area contributed by atoms with E-state index in [1.54, 1.807) is 6.20 Å². The van der Waals surface area contributed by atoms with E-state index in [2.05, 4.69) is 15.2 Å². The van der Waals surface area contributed by atoms with Gasteiger partial charge in [-0.15, -0.1) is 0 Å². The van der Waals surface area contributed by atoms with E-state index in [1.165, 1.54) is 0 Å². The molecule has 2 amide bonds. The van der Waals surface area contributed by atoms with E-state index in [-0.39, 0.29) is 17.9 Å². The molecule has 1 aromatic rings. The second kappa shape index (κ2) is 8.13. The van der Waals surface area contributed by atoms with Gasteiger partial charge in [0.2, 0.25) is 11.8 Å². The van der Waals surface area contributed by atoms with Crippen molar-refractivity contribution in [2.24, 2.45) is 0 Å². The largest absolute Gasteiger partial charge is 0.355 e. The number of nitrogens with one attached hydrogen (secondary N) is 1. The number of anilines is 1. The van der Waals surface area contributed by atoms with Crippen molar-refractivity contribution in [3.63, 3.8) is 0 Å². The van der Waals surface area contributed by atoms with Gasteiger partial charge in [-0.25, -0.2) is 4.98 Å². The van der Waals surface area contributed by atoms with Crippen molar-refractivity contribution in [1.82, 2.24) is 15.2 Å². The lowest BCUT2D eigenvalue weighted by Crippen LogP contribution is -2.48. The second-order valence-electron chi connectivity index (χ2n) is 6.63. The maximum absolute atomic E-state index is 12.2. The summed E-state index contributed by atoms with van der Waals surface area (Å²) in [6.07, 6.45) is 6.73. The molecule has 130 valence electrons. The molecule has 2 aliphatic rings. The standard InChI is InChI=1S/C18H26N4O2/c23-17(8-4-11-21-12-5-9-18(21)24)20-15-6-3-13-22(14-15)16-7-1-2-10-19-16/h1-2,7,10,15H,3-6,8-9,11-14H2,(H,20,23). The molecule has 0 radical (unpaired) electrons. The topological polar surface area (TPSA) is 65.5 Å². The van der Waals surface area contributed by atoms with E-state index >= 15 is 0 Å². The van der Waals surface area contributed by atoms with Gasteiger partial charge in [-0.1, -0.05) is 6.07 Å². The predicted octanol–water partition coefficient (Wildman–Crippen LogP) is 1.57. The zero-order valence-electron chi connectivity index (χ0n) is 14.1. The summed E-state index contributed by atoms with van der Waals surface area (Å²) in [4.78, 5) is 32.2. The maximum Gasteiger partial charge on any atom is 0.222 e. The molecule has 3 heterocycles. The minimum atomic E-state index is 0.0921. The van der Waals surface area contributed by atoms with Crippen molar-refractivity contribution in [3.8, 4) is 0 Å². The van der Waals surface area contributed by atoms with Crippen molar-refractivity contribution in [2.45, 2.75) is 44.6 Å². The highest BCUT2D eigenvalue weighted by atomic mass is 16.2. The molecular formula is C18H26N4O2. The van der Waals surface area contributed by atoms with Crippen LogP contribution in [0.5, 0.6) is 0 Å². The molecule has 1 N–H and O–H groups in total. The Balaban J connectivity index is 1.40. The normalized spacial score (nSPS) is 21.2. The summed E-state index contributed by atoms with van der Waals surface area (Å²) < 4.78 is 0. The summed E-state index contributed by atoms with van der Waals surface area (Å²) >= 11 is 0. The van der Waals surface area contributed by atoms with Gasteiger partial charge >= 0.3 is 0 Å². The first kappa shape index (κ1) is 16.7. The molecule has 6 nitrogen and oxygen atoms in total. The minimum Gasteiger partial charge on any atom is -0.355 e. The monoisotopic (exact) mass is 330 g/mol. The first-order valence-electron chi connectivity index (χ1n) is 8.95. The molecule has 2 fully saturated rings. The van der Waals surface area contributed by atoms with Crippen LogP contribution in [-0.2, 0) is 9.59 Å². The highest BCUT2D eigenvalue weighted by molar-refractivity contribution is 5.78. The molecule has 1 unspecified atom stereocenters. The summed E-state index contributed by atoms with van der Waals surface area (Å²) in [5, 5.41) is 3.14. The number of pyridine rings is 1. The van der Waals surface area contributed by atoms with Crippen molar-refractivity contribution in [2.75, 3.05) is 31.1 Å². The fourth-order valence-electron chi connectivity index (χ4n) is 3.51. The van der Waals surface area contributed by atoms with Crippen LogP contribution < -0.4 is 10.2 Å². The van der Waals surface area contributed by atoms with Gasteiger partial charge in [0.15, 0.2) is 0 Å². The number of carbonyl (C=O) groups excluding carboxylic acids is 2. The number of piperidine rings is 1. The molecule has 0 spiro atoms. The van der Waals surface area contributed by atoms with Gasteiger partial charge in [-0.2, -0.15) is 0 Å². The number of rotatable bonds is 6. The number of hydrogen-bond donors (Lipinski definition) is 1. The summed E-state index contributed by atoms with van der Waals surface area (Å²) in [6, 6.07) is 6.10. The number of nitrogens with zero attached hydrogens (tertiary/aromatic N) is 3. The zero-order valence-corrected chi connectivity index (χ0v) is 14.1. The molecule has 1 aromatic heterocycles. The van der Waals surface area contributed by atoms with Crippen LogP contribution in [0, 0.1) is 0 Å². The van der Waals surface area contributed by atoms with E-state index in [4.69, 9.17) is 0 Å². The minimum absolute atomic E-state index is 0.0921. The number of aromatic nitrogens is 1. The Bertz CT molecular complexity index is 563. The highest BCUT2D eigenvalue weighted by Crippen LogP contribution is 2.17. The third-order valence-electron chi connectivity index (χ3n) is 4.76. The van der Waals surface area contributed by atoms with E-state index in [0.29, 0.717) is 19.4 Å². The smallest absolute Gasteiger partial charge is 0.222 e. The second-order valence-corrected chi connectivity index (χ2v) is 6.63. The number of amides is 2. The third kappa shape index (κ3) is 4.46. The van der Waals surface area contributed by atoms with Crippen LogP contribution in [0.25, 0.3) is 0 Å². The Morgan fingerprint density at radius 3 is 2.96 bits per heavy atom. The van der Waals surface area contributed by atoms with Gasteiger partial charge in [0, 0.05) is 51.3 Å². The molecule has 0 bridgehead atoms. The van der Waals surface area contributed by atoms with Gasteiger partial charge in [0.25, 0.3) is 0 Å². The average molecular weight is 330 g/mol. The van der Waals surface area contributed by atoms with Crippen LogP contribution in [0.4, 0.5) is 5.82 Å². The SMILES string of the molecule is O=C(CCCN1CCCC1=O)NC1CCCN(c2ccccn2)C1. The molecule has 6 heteroatoms. The quantitative estimate of drug-likeness (QED) is 0.860. The fourth-order valence-corrected chi connectivity index (χ4v) is 3.51. The Labute approximate surface area is 143 Å². The average Bonchev–Trinajstić information content (AvgIpc) is 3.01. The van der Waals surface area contributed by atoms with Crippen LogP contribution in [0.1, 0.15) is 38.5 Å². The molecular weight excluding hydrogens is 304 g/mol. The van der Waals surface area contributed by atoms with E-state index in [0.717, 1.165) is 51.1 Å². The van der Waals surface area contributed by atoms with Crippen LogP contribution in [0.15, 0.2) is 24.4 Å². The van der Waals surface area contributed by atoms with Gasteiger partial charge in [-0.3, -0.25) is 9.59 Å². The first-order chi connectivity index (χ1) is 11.7. The van der Waals surface area contributed by atoms with Crippen molar-refractivity contribution >= 4 is 17.6 Å². The summed E-state index contributed by atoms with van der Waals surface area (Å²) in [6.45, 7) is 3.35. The van der Waals surface area contributed by atoms with E-state index in [1.807, 2.05) is 23.1 Å². The molecule has 1 atom stereocenters. The van der Waals surface area contributed by atoms with Crippen LogP contribution in [0.2, 0.25) is 0 Å². The Hall–Kier alpha value is -2.11. The highest BCUT2D eigenvalue weighted by Gasteiger charge is 2.23. The number of carbonyl (C=O) groups is 2. The Kier molecular flexibility index (Phi) is 5.67. The number of hydrogen-bond acceptors (Lipinski definition) is 4. The molecule has 0 aliphatic carbocycles. The lowest BCUT2D eigenvalue weighted by atomic mass is 10.1. The fraction of sp³-hybridized carbons (Fsp3) is 0.611. The van der Waals surface area contributed by atoms with Gasteiger partial charge in [-0.05, 0) is 37.8 Å². The zero-order chi connectivity index (χ0) is 16.8. The molecule has 2 aliphatic heterocycles. The predicted molar refractivity (Wildman–Crippen MR) is 92.7 cm³/mol. The van der Waals surface area contributed by atoms with Gasteiger partial charge in [0.05, 0.1) is 0 Å². The lowest BCUT2D eigenvalue weighted by Gasteiger charge is -2.34. The van der Waals surface area contributed by atoms with E-state index in [9.17, 15) is 9.59 Å². The van der Waals surface area contributed by atoms with Crippen molar-refractivity contribution in [3.05, 3.63) is 24.4 Å². The van der Waals surface area contributed by atoms with Gasteiger partial charge in [0.1, 0.15) is 5.82 Å². The summed E-state index contributed by atoms with van der Waals surface area (Å²) in [7, 11) is 0. The molecule has 0 saturated carbocycles. The van der Waals surface area contributed by atoms with Crippen LogP contribution >= 0.6 is 0 Å². The third-order valence-corrected chi connectivity index (χ3v) is 4.76.